The summed E-state index contributed by atoms with van der Waals surface area (Å²) in [6.45, 7) is 0.495. The van der Waals surface area contributed by atoms with E-state index in [1.54, 1.807) is 11.3 Å². The number of imidazole rings is 1. The first-order valence-electron chi connectivity index (χ1n) is 5.92. The van der Waals surface area contributed by atoms with Gasteiger partial charge in [-0.15, -0.1) is 12.4 Å². The van der Waals surface area contributed by atoms with Crippen LogP contribution in [0.5, 0.6) is 0 Å². The van der Waals surface area contributed by atoms with Crippen molar-refractivity contribution >= 4 is 28.7 Å². The molecule has 3 rings (SSSR count). The number of halogens is 1. The number of hydrogen-bond donors (Lipinski definition) is 1. The van der Waals surface area contributed by atoms with E-state index in [9.17, 15) is 0 Å². The summed E-state index contributed by atoms with van der Waals surface area (Å²) in [4.78, 5) is 5.43. The van der Waals surface area contributed by atoms with Crippen LogP contribution >= 0.6 is 23.7 Å². The minimum Gasteiger partial charge on any atom is -0.325 e. The highest BCUT2D eigenvalue weighted by molar-refractivity contribution is 7.16. The number of nitrogens with zero attached hydrogens (tertiary/aromatic N) is 3. The van der Waals surface area contributed by atoms with Gasteiger partial charge in [0.05, 0.1) is 11.9 Å². The highest BCUT2D eigenvalue weighted by atomic mass is 35.5. The lowest BCUT2D eigenvalue weighted by Crippen LogP contribution is -2.04. The van der Waals surface area contributed by atoms with E-state index in [-0.39, 0.29) is 12.4 Å². The highest BCUT2D eigenvalue weighted by Crippen LogP contribution is 2.34. The van der Waals surface area contributed by atoms with Gasteiger partial charge in [0.1, 0.15) is 5.01 Å². The topological polar surface area (TPSA) is 56.2 Å². The van der Waals surface area contributed by atoms with Crippen molar-refractivity contribution in [3.05, 3.63) is 16.9 Å². The molecular weight excluding hydrogens is 256 g/mol. The number of rotatable bonds is 2. The van der Waals surface area contributed by atoms with Gasteiger partial charge in [0, 0.05) is 12.5 Å². The number of aromatic nitrogens is 3. The summed E-state index contributed by atoms with van der Waals surface area (Å²) >= 11 is 1.73. The number of nitrogens with two attached hydrogens (primary N) is 1. The highest BCUT2D eigenvalue weighted by Gasteiger charge is 2.20. The largest absolute Gasteiger partial charge is 0.325 e. The quantitative estimate of drug-likeness (QED) is 0.915. The van der Waals surface area contributed by atoms with Crippen molar-refractivity contribution in [3.8, 4) is 0 Å². The van der Waals surface area contributed by atoms with Crippen LogP contribution in [0.4, 0.5) is 0 Å². The SMILES string of the molecule is Cl.NCc1cn2nc(C3CCCCC3)sc2n1. The Labute approximate surface area is 111 Å². The van der Waals surface area contributed by atoms with Crippen LogP contribution in [0, 0.1) is 0 Å². The van der Waals surface area contributed by atoms with Crippen molar-refractivity contribution in [3.63, 3.8) is 0 Å². The van der Waals surface area contributed by atoms with E-state index in [0.29, 0.717) is 12.5 Å². The number of hydrogen-bond acceptors (Lipinski definition) is 4. The van der Waals surface area contributed by atoms with Crippen LogP contribution in [-0.2, 0) is 6.54 Å². The van der Waals surface area contributed by atoms with Crippen molar-refractivity contribution in [2.75, 3.05) is 0 Å². The van der Waals surface area contributed by atoms with Gasteiger partial charge in [0.25, 0.3) is 0 Å². The summed E-state index contributed by atoms with van der Waals surface area (Å²) in [5.41, 5.74) is 6.48. The van der Waals surface area contributed by atoms with Crippen molar-refractivity contribution in [2.24, 2.45) is 5.73 Å². The molecule has 1 aliphatic rings. The summed E-state index contributed by atoms with van der Waals surface area (Å²) in [5, 5.41) is 5.88. The first kappa shape index (κ1) is 12.8. The summed E-state index contributed by atoms with van der Waals surface area (Å²) in [7, 11) is 0. The van der Waals surface area contributed by atoms with Crippen LogP contribution in [0.15, 0.2) is 6.20 Å². The molecule has 2 aromatic rings. The molecule has 2 aromatic heterocycles. The van der Waals surface area contributed by atoms with Gasteiger partial charge in [0.15, 0.2) is 0 Å². The Bertz CT molecular complexity index is 455. The van der Waals surface area contributed by atoms with E-state index in [0.717, 1.165) is 10.7 Å². The molecule has 6 heteroatoms. The average Bonchev–Trinajstić information content (AvgIpc) is 2.87. The third kappa shape index (κ3) is 2.46. The van der Waals surface area contributed by atoms with Gasteiger partial charge in [-0.1, -0.05) is 30.6 Å². The molecule has 0 atom stereocenters. The molecule has 0 aliphatic heterocycles. The van der Waals surface area contributed by atoms with Crippen LogP contribution < -0.4 is 5.73 Å². The lowest BCUT2D eigenvalue weighted by Gasteiger charge is -2.18. The maximum atomic E-state index is 5.55. The van der Waals surface area contributed by atoms with Crippen LogP contribution in [0.2, 0.25) is 0 Å². The summed E-state index contributed by atoms with van der Waals surface area (Å²) in [6, 6.07) is 0. The molecule has 0 bridgehead atoms. The zero-order valence-electron chi connectivity index (χ0n) is 9.63. The molecule has 0 amide bonds. The zero-order chi connectivity index (χ0) is 11.0. The van der Waals surface area contributed by atoms with Crippen molar-refractivity contribution < 1.29 is 0 Å². The second-order valence-electron chi connectivity index (χ2n) is 4.44. The molecule has 0 unspecified atom stereocenters. The van der Waals surface area contributed by atoms with Crippen molar-refractivity contribution in [1.29, 1.82) is 0 Å². The monoisotopic (exact) mass is 272 g/mol. The summed E-state index contributed by atoms with van der Waals surface area (Å²) < 4.78 is 1.89. The standard InChI is InChI=1S/C11H16N4S.ClH/c12-6-9-7-15-11(13-9)16-10(14-15)8-4-2-1-3-5-8;/h7-8H,1-6,12H2;1H. The molecule has 2 heterocycles. The predicted molar refractivity (Wildman–Crippen MR) is 71.8 cm³/mol. The molecule has 17 heavy (non-hydrogen) atoms. The Hall–Kier alpha value is -0.650. The molecule has 0 saturated heterocycles. The smallest absolute Gasteiger partial charge is 0.212 e. The fourth-order valence-corrected chi connectivity index (χ4v) is 3.44. The first-order chi connectivity index (χ1) is 7.86. The van der Waals surface area contributed by atoms with Crippen LogP contribution in [0.1, 0.15) is 48.7 Å². The van der Waals surface area contributed by atoms with E-state index in [4.69, 9.17) is 5.73 Å². The molecule has 2 N–H and O–H groups in total. The number of fused-ring (bicyclic) bond motifs is 1. The van der Waals surface area contributed by atoms with Crippen LogP contribution in [0.3, 0.4) is 0 Å². The van der Waals surface area contributed by atoms with E-state index >= 15 is 0 Å². The van der Waals surface area contributed by atoms with Gasteiger partial charge in [-0.3, -0.25) is 0 Å². The average molecular weight is 273 g/mol. The van der Waals surface area contributed by atoms with Crippen LogP contribution in [0.25, 0.3) is 4.96 Å². The van der Waals surface area contributed by atoms with Crippen molar-refractivity contribution in [1.82, 2.24) is 14.6 Å². The predicted octanol–water partition coefficient (Wildman–Crippen LogP) is 2.72. The first-order valence-corrected chi connectivity index (χ1v) is 6.73. The second kappa shape index (κ2) is 5.33. The van der Waals surface area contributed by atoms with Gasteiger partial charge >= 0.3 is 0 Å². The van der Waals surface area contributed by atoms with Gasteiger partial charge in [-0.05, 0) is 12.8 Å². The van der Waals surface area contributed by atoms with Crippen molar-refractivity contribution in [2.45, 2.75) is 44.6 Å². The van der Waals surface area contributed by atoms with E-state index in [1.807, 2.05) is 10.7 Å². The molecule has 0 radical (unpaired) electrons. The maximum absolute atomic E-state index is 5.55. The fraction of sp³-hybridized carbons (Fsp3) is 0.636. The minimum absolute atomic E-state index is 0. The van der Waals surface area contributed by atoms with Crippen LogP contribution in [-0.4, -0.2) is 14.6 Å². The minimum atomic E-state index is 0. The van der Waals surface area contributed by atoms with Gasteiger partial charge < -0.3 is 5.73 Å². The third-order valence-corrected chi connectivity index (χ3v) is 4.36. The molecular formula is C11H17ClN4S. The zero-order valence-corrected chi connectivity index (χ0v) is 11.3. The molecule has 94 valence electrons. The Morgan fingerprint density at radius 1 is 1.35 bits per heavy atom. The molecule has 1 aliphatic carbocycles. The Morgan fingerprint density at radius 3 is 2.76 bits per heavy atom. The lowest BCUT2D eigenvalue weighted by atomic mass is 9.90. The molecule has 4 nitrogen and oxygen atoms in total. The fourth-order valence-electron chi connectivity index (χ4n) is 2.37. The third-order valence-electron chi connectivity index (χ3n) is 3.27. The van der Waals surface area contributed by atoms with Gasteiger partial charge in [-0.25, -0.2) is 9.50 Å². The Balaban J connectivity index is 0.00000108. The molecule has 1 fully saturated rings. The van der Waals surface area contributed by atoms with E-state index in [1.165, 1.54) is 37.1 Å². The molecule has 0 aromatic carbocycles. The van der Waals surface area contributed by atoms with E-state index in [2.05, 4.69) is 10.1 Å². The Morgan fingerprint density at radius 2 is 2.12 bits per heavy atom. The summed E-state index contributed by atoms with van der Waals surface area (Å²) in [6.07, 6.45) is 8.61. The van der Waals surface area contributed by atoms with E-state index < -0.39 is 0 Å². The molecule has 1 saturated carbocycles. The van der Waals surface area contributed by atoms with Gasteiger partial charge in [-0.2, -0.15) is 5.10 Å². The second-order valence-corrected chi connectivity index (χ2v) is 5.43. The summed E-state index contributed by atoms with van der Waals surface area (Å²) in [5.74, 6) is 0.668. The molecule has 0 spiro atoms. The maximum Gasteiger partial charge on any atom is 0.212 e. The normalized spacial score (nSPS) is 17.2. The van der Waals surface area contributed by atoms with Gasteiger partial charge in [0.2, 0.25) is 4.96 Å². The Kier molecular flexibility index (Phi) is 4.01. The lowest BCUT2D eigenvalue weighted by molar-refractivity contribution is 0.439.